The van der Waals surface area contributed by atoms with E-state index in [0.29, 0.717) is 17.8 Å². The van der Waals surface area contributed by atoms with Crippen LogP contribution >= 0.6 is 0 Å². The Morgan fingerprint density at radius 2 is 1.59 bits per heavy atom. The van der Waals surface area contributed by atoms with Gasteiger partial charge in [0.05, 0.1) is 11.9 Å². The molecule has 1 unspecified atom stereocenters. The summed E-state index contributed by atoms with van der Waals surface area (Å²) in [7, 11) is -3.64. The van der Waals surface area contributed by atoms with Gasteiger partial charge >= 0.3 is 0 Å². The van der Waals surface area contributed by atoms with Crippen LogP contribution in [-0.2, 0) is 14.8 Å². The fourth-order valence-electron chi connectivity index (χ4n) is 3.20. The topological polar surface area (TPSA) is 66.5 Å². The first-order chi connectivity index (χ1) is 12.5. The molecule has 0 aromatic heterocycles. The zero-order chi connectivity index (χ0) is 20.4. The zero-order valence-corrected chi connectivity index (χ0v) is 17.6. The van der Waals surface area contributed by atoms with Gasteiger partial charge in [-0.25, -0.2) is 8.42 Å². The van der Waals surface area contributed by atoms with Gasteiger partial charge in [0.1, 0.15) is 6.04 Å². The number of rotatable bonds is 6. The van der Waals surface area contributed by atoms with Crippen LogP contribution in [0.4, 0.5) is 11.4 Å². The molecule has 0 radical (unpaired) electrons. The number of amides is 1. The molecule has 0 aliphatic rings. The highest BCUT2D eigenvalue weighted by molar-refractivity contribution is 7.92. The van der Waals surface area contributed by atoms with Crippen LogP contribution in [0.25, 0.3) is 0 Å². The maximum atomic E-state index is 13.0. The van der Waals surface area contributed by atoms with Gasteiger partial charge in [-0.05, 0) is 80.6 Å². The van der Waals surface area contributed by atoms with Gasteiger partial charge in [0.15, 0.2) is 0 Å². The molecule has 0 heterocycles. The molecule has 0 aliphatic carbocycles. The van der Waals surface area contributed by atoms with Gasteiger partial charge in [-0.15, -0.1) is 0 Å². The van der Waals surface area contributed by atoms with Crippen molar-refractivity contribution >= 4 is 27.3 Å². The minimum Gasteiger partial charge on any atom is -0.324 e. The van der Waals surface area contributed by atoms with Crippen LogP contribution in [0.5, 0.6) is 0 Å². The standard InChI is InChI=1S/C21H28N2O3S/c1-7-20(21(24)22-18-11-14(2)10-15(3)12-18)23(27(6,25)26)19-9-8-16(4)17(5)13-19/h8-13,20H,7H2,1-6H3,(H,22,24). The summed E-state index contributed by atoms with van der Waals surface area (Å²) in [6.07, 6.45) is 1.49. The normalized spacial score (nSPS) is 12.5. The number of aryl methyl sites for hydroxylation is 4. The lowest BCUT2D eigenvalue weighted by Crippen LogP contribution is -2.47. The predicted octanol–water partition coefficient (Wildman–Crippen LogP) is 4.10. The van der Waals surface area contributed by atoms with E-state index >= 15 is 0 Å². The third-order valence-electron chi connectivity index (χ3n) is 4.56. The molecule has 1 amide bonds. The molecule has 0 saturated heterocycles. The molecule has 0 fully saturated rings. The molecule has 1 atom stereocenters. The van der Waals surface area contributed by atoms with E-state index in [1.54, 1.807) is 6.07 Å². The summed E-state index contributed by atoms with van der Waals surface area (Å²) < 4.78 is 26.3. The summed E-state index contributed by atoms with van der Waals surface area (Å²) in [5.74, 6) is -0.342. The number of anilines is 2. The summed E-state index contributed by atoms with van der Waals surface area (Å²) in [5, 5.41) is 2.88. The third-order valence-corrected chi connectivity index (χ3v) is 5.74. The van der Waals surface area contributed by atoms with Crippen molar-refractivity contribution in [2.24, 2.45) is 0 Å². The van der Waals surface area contributed by atoms with Gasteiger partial charge in [0, 0.05) is 5.69 Å². The Hall–Kier alpha value is -2.34. The number of hydrogen-bond acceptors (Lipinski definition) is 3. The van der Waals surface area contributed by atoms with Gasteiger partial charge in [-0.3, -0.25) is 9.10 Å². The molecule has 2 rings (SSSR count). The molecule has 2 aromatic rings. The summed E-state index contributed by atoms with van der Waals surface area (Å²) in [5.41, 5.74) is 5.29. The van der Waals surface area contributed by atoms with E-state index in [1.807, 2.05) is 65.0 Å². The molecule has 6 heteroatoms. The van der Waals surface area contributed by atoms with Crippen molar-refractivity contribution in [3.63, 3.8) is 0 Å². The van der Waals surface area contributed by atoms with Crippen molar-refractivity contribution in [2.75, 3.05) is 15.9 Å². The summed E-state index contributed by atoms with van der Waals surface area (Å²) in [6.45, 7) is 9.62. The van der Waals surface area contributed by atoms with Crippen LogP contribution in [-0.4, -0.2) is 26.6 Å². The van der Waals surface area contributed by atoms with E-state index in [1.165, 1.54) is 4.31 Å². The highest BCUT2D eigenvalue weighted by Gasteiger charge is 2.31. The number of carbonyl (C=O) groups is 1. The Balaban J connectivity index is 2.42. The number of sulfonamides is 1. The second-order valence-corrected chi connectivity index (χ2v) is 8.98. The van der Waals surface area contributed by atoms with Crippen molar-refractivity contribution in [1.82, 2.24) is 0 Å². The van der Waals surface area contributed by atoms with E-state index in [0.717, 1.165) is 28.5 Å². The van der Waals surface area contributed by atoms with Crippen LogP contribution in [0.2, 0.25) is 0 Å². The van der Waals surface area contributed by atoms with E-state index in [9.17, 15) is 13.2 Å². The molecule has 0 spiro atoms. The first-order valence-corrected chi connectivity index (χ1v) is 10.8. The molecular formula is C21H28N2O3S. The third kappa shape index (κ3) is 5.10. The minimum atomic E-state index is -3.64. The fraction of sp³-hybridized carbons (Fsp3) is 0.381. The number of benzene rings is 2. The van der Waals surface area contributed by atoms with Crippen LogP contribution in [0.3, 0.4) is 0 Å². The Labute approximate surface area is 162 Å². The van der Waals surface area contributed by atoms with E-state index in [2.05, 4.69) is 5.32 Å². The number of nitrogens with one attached hydrogen (secondary N) is 1. The van der Waals surface area contributed by atoms with Crippen LogP contribution in [0.1, 0.15) is 35.6 Å². The number of carbonyl (C=O) groups excluding carboxylic acids is 1. The Bertz CT molecular complexity index is 932. The predicted molar refractivity (Wildman–Crippen MR) is 112 cm³/mol. The summed E-state index contributed by atoms with van der Waals surface area (Å²) >= 11 is 0. The largest absolute Gasteiger partial charge is 0.324 e. The molecule has 0 aliphatic heterocycles. The van der Waals surface area contributed by atoms with E-state index in [-0.39, 0.29) is 5.91 Å². The smallest absolute Gasteiger partial charge is 0.248 e. The maximum Gasteiger partial charge on any atom is 0.248 e. The van der Waals surface area contributed by atoms with Crippen molar-refractivity contribution in [3.05, 3.63) is 58.7 Å². The number of hydrogen-bond donors (Lipinski definition) is 1. The monoisotopic (exact) mass is 388 g/mol. The van der Waals surface area contributed by atoms with Crippen molar-refractivity contribution < 1.29 is 13.2 Å². The fourth-order valence-corrected chi connectivity index (χ4v) is 4.40. The second-order valence-electron chi connectivity index (χ2n) is 7.12. The lowest BCUT2D eigenvalue weighted by molar-refractivity contribution is -0.117. The lowest BCUT2D eigenvalue weighted by atomic mass is 10.1. The average molecular weight is 389 g/mol. The first-order valence-electron chi connectivity index (χ1n) is 8.98. The van der Waals surface area contributed by atoms with Gasteiger partial charge in [0.2, 0.25) is 15.9 Å². The van der Waals surface area contributed by atoms with E-state index in [4.69, 9.17) is 0 Å². The average Bonchev–Trinajstić information content (AvgIpc) is 2.53. The summed E-state index contributed by atoms with van der Waals surface area (Å²) in [6, 6.07) is 10.4. The molecular weight excluding hydrogens is 360 g/mol. The maximum absolute atomic E-state index is 13.0. The first kappa shape index (κ1) is 21.0. The molecule has 0 bridgehead atoms. The highest BCUT2D eigenvalue weighted by Crippen LogP contribution is 2.26. The highest BCUT2D eigenvalue weighted by atomic mass is 32.2. The van der Waals surface area contributed by atoms with Gasteiger partial charge in [-0.1, -0.05) is 19.1 Å². The van der Waals surface area contributed by atoms with E-state index < -0.39 is 16.1 Å². The molecule has 2 aromatic carbocycles. The van der Waals surface area contributed by atoms with Crippen LogP contribution in [0.15, 0.2) is 36.4 Å². The zero-order valence-electron chi connectivity index (χ0n) is 16.8. The lowest BCUT2D eigenvalue weighted by Gasteiger charge is -2.30. The Kier molecular flexibility index (Phi) is 6.31. The minimum absolute atomic E-state index is 0.342. The van der Waals surface area contributed by atoms with Gasteiger partial charge in [0.25, 0.3) is 0 Å². The molecule has 27 heavy (non-hydrogen) atoms. The second kappa shape index (κ2) is 8.13. The van der Waals surface area contributed by atoms with Crippen molar-refractivity contribution in [2.45, 2.75) is 47.1 Å². The van der Waals surface area contributed by atoms with Crippen molar-refractivity contribution in [3.8, 4) is 0 Å². The van der Waals surface area contributed by atoms with Gasteiger partial charge in [-0.2, -0.15) is 0 Å². The quantitative estimate of drug-likeness (QED) is 0.810. The molecule has 5 nitrogen and oxygen atoms in total. The molecule has 146 valence electrons. The molecule has 0 saturated carbocycles. The Morgan fingerprint density at radius 3 is 2.07 bits per heavy atom. The number of nitrogens with zero attached hydrogens (tertiary/aromatic N) is 1. The summed E-state index contributed by atoms with van der Waals surface area (Å²) in [4.78, 5) is 13.0. The SMILES string of the molecule is CCC(C(=O)Nc1cc(C)cc(C)c1)N(c1ccc(C)c(C)c1)S(C)(=O)=O. The van der Waals surface area contributed by atoms with Gasteiger partial charge < -0.3 is 5.32 Å². The molecule has 1 N–H and O–H groups in total. The van der Waals surface area contributed by atoms with Crippen LogP contribution < -0.4 is 9.62 Å². The Morgan fingerprint density at radius 1 is 1.00 bits per heavy atom. The van der Waals surface area contributed by atoms with Crippen molar-refractivity contribution in [1.29, 1.82) is 0 Å². The van der Waals surface area contributed by atoms with Crippen LogP contribution in [0, 0.1) is 27.7 Å².